The summed E-state index contributed by atoms with van der Waals surface area (Å²) in [5, 5.41) is 70.4. The average molecular weight is 491 g/mol. The fraction of sp³-hybridized carbons (Fsp3) is 0.458. The molecule has 11 heteroatoms. The number of aromatic hydroxyl groups is 7. The highest BCUT2D eigenvalue weighted by molar-refractivity contribution is 6.06. The first kappa shape index (κ1) is 24.4. The number of phenols is 7. The fourth-order valence-electron chi connectivity index (χ4n) is 5.19. The Morgan fingerprint density at radius 3 is 1.83 bits per heavy atom. The number of methoxy groups -OCH3 is 2. The molecule has 35 heavy (non-hydrogen) atoms. The first-order chi connectivity index (χ1) is 16.6. The summed E-state index contributed by atoms with van der Waals surface area (Å²) in [7, 11) is 2.65. The van der Waals surface area contributed by atoms with Crippen LogP contribution in [0.25, 0.3) is 0 Å². The smallest absolute Gasteiger partial charge is 0.208 e. The lowest BCUT2D eigenvalue weighted by Crippen LogP contribution is -2.34. The Morgan fingerprint density at radius 2 is 1.29 bits per heavy atom. The SMILES string of the molecule is COc1c(O)c2c(c(O)c1OC)C(=O)C(CC1CCN(Cc3c(O)c(O)c(O)c(O)c3O)CC1)C2. The minimum atomic E-state index is -0.989. The van der Waals surface area contributed by atoms with Crippen LogP contribution < -0.4 is 9.47 Å². The highest BCUT2D eigenvalue weighted by Crippen LogP contribution is 2.53. The summed E-state index contributed by atoms with van der Waals surface area (Å²) >= 11 is 0. The normalized spacial score (nSPS) is 18.6. The van der Waals surface area contributed by atoms with Gasteiger partial charge in [-0.3, -0.25) is 9.69 Å². The molecule has 0 radical (unpaired) electrons. The van der Waals surface area contributed by atoms with Crippen LogP contribution in [0.1, 0.15) is 40.7 Å². The molecule has 2 aromatic rings. The van der Waals surface area contributed by atoms with Crippen LogP contribution in [0, 0.1) is 11.8 Å². The maximum atomic E-state index is 13.1. The number of carbonyl (C=O) groups excluding carboxylic acids is 1. The second-order valence-electron chi connectivity index (χ2n) is 9.06. The molecule has 11 nitrogen and oxygen atoms in total. The first-order valence-electron chi connectivity index (χ1n) is 11.2. The third kappa shape index (κ3) is 3.95. The first-order valence-corrected chi connectivity index (χ1v) is 11.2. The Kier molecular flexibility index (Phi) is 6.37. The molecule has 1 fully saturated rings. The van der Waals surface area contributed by atoms with Gasteiger partial charge in [-0.2, -0.15) is 0 Å². The molecule has 0 aromatic heterocycles. The van der Waals surface area contributed by atoms with Crippen LogP contribution in [-0.2, 0) is 13.0 Å². The van der Waals surface area contributed by atoms with E-state index < -0.39 is 34.7 Å². The lowest BCUT2D eigenvalue weighted by molar-refractivity contribution is 0.0892. The van der Waals surface area contributed by atoms with Crippen molar-refractivity contribution in [1.82, 2.24) is 4.90 Å². The van der Waals surface area contributed by atoms with Crippen molar-refractivity contribution < 1.29 is 50.0 Å². The predicted molar refractivity (Wildman–Crippen MR) is 122 cm³/mol. The van der Waals surface area contributed by atoms with E-state index >= 15 is 0 Å². The van der Waals surface area contributed by atoms with Crippen molar-refractivity contribution in [3.05, 3.63) is 16.7 Å². The van der Waals surface area contributed by atoms with Crippen LogP contribution in [-0.4, -0.2) is 73.7 Å². The molecule has 1 unspecified atom stereocenters. The molecular formula is C24H29NO10. The Hall–Kier alpha value is -3.73. The van der Waals surface area contributed by atoms with Crippen LogP contribution in [0.3, 0.4) is 0 Å². The van der Waals surface area contributed by atoms with Crippen LogP contribution in [0.5, 0.6) is 51.7 Å². The van der Waals surface area contributed by atoms with Gasteiger partial charge in [-0.15, -0.1) is 0 Å². The number of likely N-dealkylation sites (tertiary alicyclic amines) is 1. The third-order valence-electron chi connectivity index (χ3n) is 7.11. The van der Waals surface area contributed by atoms with Crippen LogP contribution in [0.4, 0.5) is 0 Å². The van der Waals surface area contributed by atoms with Crippen molar-refractivity contribution in [2.24, 2.45) is 11.8 Å². The Morgan fingerprint density at radius 1 is 0.771 bits per heavy atom. The third-order valence-corrected chi connectivity index (χ3v) is 7.11. The van der Waals surface area contributed by atoms with Crippen molar-refractivity contribution in [3.63, 3.8) is 0 Å². The number of hydrogen-bond donors (Lipinski definition) is 7. The number of benzene rings is 2. The molecule has 2 aromatic carbocycles. The molecule has 190 valence electrons. The summed E-state index contributed by atoms with van der Waals surface area (Å²) in [4.78, 5) is 15.0. The molecular weight excluding hydrogens is 462 g/mol. The van der Waals surface area contributed by atoms with E-state index in [0.29, 0.717) is 37.9 Å². The van der Waals surface area contributed by atoms with E-state index in [4.69, 9.17) is 9.47 Å². The van der Waals surface area contributed by atoms with Gasteiger partial charge < -0.3 is 45.2 Å². The van der Waals surface area contributed by atoms with E-state index in [0.717, 1.165) is 0 Å². The van der Waals surface area contributed by atoms with Crippen molar-refractivity contribution >= 4 is 5.78 Å². The summed E-state index contributed by atoms with van der Waals surface area (Å²) in [6, 6.07) is 0. The summed E-state index contributed by atoms with van der Waals surface area (Å²) in [5.74, 6) is -5.28. The van der Waals surface area contributed by atoms with E-state index in [-0.39, 0.29) is 58.8 Å². The lowest BCUT2D eigenvalue weighted by Gasteiger charge is -2.33. The molecule has 0 bridgehead atoms. The quantitative estimate of drug-likeness (QED) is 0.233. The maximum absolute atomic E-state index is 13.1. The number of carbonyl (C=O) groups is 1. The highest BCUT2D eigenvalue weighted by Gasteiger charge is 2.40. The molecule has 1 saturated heterocycles. The number of nitrogens with zero attached hydrogens (tertiary/aromatic N) is 1. The topological polar surface area (TPSA) is 180 Å². The molecule has 1 aliphatic carbocycles. The van der Waals surface area contributed by atoms with Gasteiger partial charge in [0.2, 0.25) is 28.7 Å². The van der Waals surface area contributed by atoms with Crippen LogP contribution >= 0.6 is 0 Å². The number of piperidine rings is 1. The summed E-state index contributed by atoms with van der Waals surface area (Å²) in [6.07, 6.45) is 2.26. The Bertz CT molecular complexity index is 1140. The van der Waals surface area contributed by atoms with E-state index in [1.807, 2.05) is 4.90 Å². The van der Waals surface area contributed by atoms with Gasteiger partial charge in [-0.05, 0) is 44.7 Å². The zero-order chi connectivity index (χ0) is 25.6. The van der Waals surface area contributed by atoms with E-state index in [1.165, 1.54) is 14.2 Å². The molecule has 0 spiro atoms. The number of hydrogen-bond acceptors (Lipinski definition) is 11. The monoisotopic (exact) mass is 491 g/mol. The van der Waals surface area contributed by atoms with Crippen LogP contribution in [0.2, 0.25) is 0 Å². The standard InChI is InChI=1S/C24H29NO10/c1-34-23-18(29)12-8-11(15(26)14(12)19(30)24(23)35-2)7-10-3-5-25(6-4-10)9-13-16(27)20(31)22(33)21(32)17(13)28/h10-11,27-33H,3-9H2,1-2H3. The zero-order valence-electron chi connectivity index (χ0n) is 19.4. The number of rotatable bonds is 6. The van der Waals surface area contributed by atoms with Crippen molar-refractivity contribution in [2.45, 2.75) is 32.2 Å². The zero-order valence-corrected chi connectivity index (χ0v) is 19.4. The van der Waals surface area contributed by atoms with Gasteiger partial charge in [-0.1, -0.05) is 0 Å². The second-order valence-corrected chi connectivity index (χ2v) is 9.06. The molecule has 1 atom stereocenters. The largest absolute Gasteiger partial charge is 0.504 e. The average Bonchev–Trinajstić information content (AvgIpc) is 3.18. The number of Topliss-reactive ketones (excluding diaryl/α,β-unsaturated/α-hetero) is 1. The molecule has 4 rings (SSSR count). The summed E-state index contributed by atoms with van der Waals surface area (Å²) < 4.78 is 10.3. The lowest BCUT2D eigenvalue weighted by atomic mass is 9.85. The van der Waals surface area contributed by atoms with Gasteiger partial charge in [0.15, 0.2) is 28.8 Å². The number of fused-ring (bicyclic) bond motifs is 1. The Labute approximate surface area is 201 Å². The van der Waals surface area contributed by atoms with Crippen molar-refractivity contribution in [1.29, 1.82) is 0 Å². The van der Waals surface area contributed by atoms with Crippen molar-refractivity contribution in [3.8, 4) is 51.7 Å². The van der Waals surface area contributed by atoms with E-state index in [1.54, 1.807) is 0 Å². The van der Waals surface area contributed by atoms with E-state index in [2.05, 4.69) is 0 Å². The van der Waals surface area contributed by atoms with Gasteiger partial charge >= 0.3 is 0 Å². The highest BCUT2D eigenvalue weighted by atomic mass is 16.5. The number of ether oxygens (including phenoxy) is 2. The van der Waals surface area contributed by atoms with Gasteiger partial charge in [0.05, 0.1) is 25.3 Å². The predicted octanol–water partition coefficient (Wildman–Crippen LogP) is 2.30. The van der Waals surface area contributed by atoms with Crippen molar-refractivity contribution in [2.75, 3.05) is 27.3 Å². The fourth-order valence-corrected chi connectivity index (χ4v) is 5.19. The molecule has 1 aliphatic heterocycles. The summed E-state index contributed by atoms with van der Waals surface area (Å²) in [5.41, 5.74) is 0.331. The minimum absolute atomic E-state index is 0.0108. The molecule has 0 saturated carbocycles. The number of ketones is 1. The van der Waals surface area contributed by atoms with Crippen LogP contribution in [0.15, 0.2) is 0 Å². The van der Waals surface area contributed by atoms with Gasteiger partial charge in [0.1, 0.15) is 0 Å². The summed E-state index contributed by atoms with van der Waals surface area (Å²) in [6.45, 7) is 1.18. The Balaban J connectivity index is 1.43. The van der Waals surface area contributed by atoms with Gasteiger partial charge in [0.25, 0.3) is 0 Å². The second kappa shape index (κ2) is 9.14. The maximum Gasteiger partial charge on any atom is 0.208 e. The molecule has 2 aliphatic rings. The number of phenolic OH excluding ortho intramolecular Hbond substituents is 7. The van der Waals surface area contributed by atoms with Gasteiger partial charge in [0, 0.05) is 18.0 Å². The minimum Gasteiger partial charge on any atom is -0.504 e. The van der Waals surface area contributed by atoms with E-state index in [9.17, 15) is 40.5 Å². The molecule has 1 heterocycles. The van der Waals surface area contributed by atoms with Gasteiger partial charge in [-0.25, -0.2) is 0 Å². The molecule has 7 N–H and O–H groups in total. The molecule has 0 amide bonds.